The lowest BCUT2D eigenvalue weighted by Gasteiger charge is -2.32. The highest BCUT2D eigenvalue weighted by Crippen LogP contribution is 2.53. The third kappa shape index (κ3) is 3.70. The van der Waals surface area contributed by atoms with Crippen molar-refractivity contribution in [3.63, 3.8) is 0 Å². The van der Waals surface area contributed by atoms with E-state index in [0.29, 0.717) is 11.2 Å². The van der Waals surface area contributed by atoms with Crippen molar-refractivity contribution in [2.75, 3.05) is 38.6 Å². The summed E-state index contributed by atoms with van der Waals surface area (Å²) in [5, 5.41) is 0. The van der Waals surface area contributed by atoms with E-state index in [1.54, 1.807) is 13.8 Å². The van der Waals surface area contributed by atoms with Gasteiger partial charge in [0.25, 0.3) is 5.85 Å². The number of nitrogens with zero attached hydrogens (tertiary/aromatic N) is 5. The SMILES string of the molecule is CC1(C)OC2[C@H](O1)[C@H](n1cnc3c(N)ncnc31)OC2(F)COP(=O)(O)N1CCOCC1. The van der Waals surface area contributed by atoms with Gasteiger partial charge in [-0.2, -0.15) is 0 Å². The standard InChI is InChI=1S/C17H24FN6O7P/c1-16(2)29-11-12(30-16)17(18,7-28-32(25,26)23-3-5-27-6-4-23)31-15(11)24-9-22-10-13(19)20-8-21-14(10)24/h8-9,11-12,15H,3-7H2,1-2H3,(H,25,26)(H2,19,20,21)/t11-,12?,15+,17?/m0/s1. The number of hydrogen-bond donors (Lipinski definition) is 2. The van der Waals surface area contributed by atoms with E-state index < -0.39 is 44.4 Å². The van der Waals surface area contributed by atoms with Gasteiger partial charge in [-0.25, -0.2) is 28.6 Å². The van der Waals surface area contributed by atoms with Gasteiger partial charge in [0.15, 0.2) is 29.6 Å². The summed E-state index contributed by atoms with van der Waals surface area (Å²) in [6.45, 7) is 3.37. The largest absolute Gasteiger partial charge is 0.405 e. The number of rotatable bonds is 5. The topological polar surface area (TPSA) is 156 Å². The molecule has 2 aromatic heterocycles. The first-order valence-corrected chi connectivity index (χ1v) is 11.6. The molecule has 32 heavy (non-hydrogen) atoms. The van der Waals surface area contributed by atoms with Crippen molar-refractivity contribution in [3.05, 3.63) is 12.7 Å². The van der Waals surface area contributed by atoms with Gasteiger partial charge in [0.05, 0.1) is 19.5 Å². The number of nitrogens with two attached hydrogens (primary N) is 1. The molecule has 0 bridgehead atoms. The lowest BCUT2D eigenvalue weighted by Crippen LogP contribution is -2.44. The number of alkyl halides is 1. The van der Waals surface area contributed by atoms with E-state index in [2.05, 4.69) is 15.0 Å². The van der Waals surface area contributed by atoms with E-state index >= 15 is 4.39 Å². The molecule has 5 rings (SSSR count). The molecule has 176 valence electrons. The second-order valence-corrected chi connectivity index (χ2v) is 10.0. The molecule has 3 saturated heterocycles. The van der Waals surface area contributed by atoms with E-state index in [4.69, 9.17) is 29.2 Å². The fourth-order valence-corrected chi connectivity index (χ4v) is 5.29. The van der Waals surface area contributed by atoms with Gasteiger partial charge in [0, 0.05) is 13.1 Å². The summed E-state index contributed by atoms with van der Waals surface area (Å²) in [6.07, 6.45) is -0.536. The average molecular weight is 474 g/mol. The highest BCUT2D eigenvalue weighted by Gasteiger charge is 2.65. The van der Waals surface area contributed by atoms with Crippen LogP contribution in [-0.2, 0) is 28.0 Å². The summed E-state index contributed by atoms with van der Waals surface area (Å²) < 4.78 is 59.2. The molecule has 5 atom stereocenters. The third-order valence-electron chi connectivity index (χ3n) is 5.59. The summed E-state index contributed by atoms with van der Waals surface area (Å²) in [6, 6.07) is 0. The maximum absolute atomic E-state index is 16.1. The Bertz CT molecular complexity index is 1070. The van der Waals surface area contributed by atoms with Gasteiger partial charge < -0.3 is 29.6 Å². The van der Waals surface area contributed by atoms with E-state index in [9.17, 15) is 9.46 Å². The molecule has 13 nitrogen and oxygen atoms in total. The van der Waals surface area contributed by atoms with Gasteiger partial charge >= 0.3 is 7.75 Å². The molecule has 2 aromatic rings. The van der Waals surface area contributed by atoms with Crippen molar-refractivity contribution in [3.8, 4) is 0 Å². The van der Waals surface area contributed by atoms with Gasteiger partial charge in [0.1, 0.15) is 24.6 Å². The van der Waals surface area contributed by atoms with Crippen molar-refractivity contribution >= 4 is 24.7 Å². The predicted molar refractivity (Wildman–Crippen MR) is 106 cm³/mol. The molecule has 5 heterocycles. The summed E-state index contributed by atoms with van der Waals surface area (Å²) in [5.41, 5.74) is 6.49. The predicted octanol–water partition coefficient (Wildman–Crippen LogP) is 0.572. The lowest BCUT2D eigenvalue weighted by molar-refractivity contribution is -0.262. The molecular formula is C17H24FN6O7P. The smallest absolute Gasteiger partial charge is 0.382 e. The highest BCUT2D eigenvalue weighted by atomic mass is 31.2. The minimum atomic E-state index is -4.28. The number of hydrogen-bond acceptors (Lipinski definition) is 10. The molecule has 0 aromatic carbocycles. The number of morpholine rings is 1. The van der Waals surface area contributed by atoms with Crippen LogP contribution in [-0.4, -0.2) is 85.8 Å². The van der Waals surface area contributed by atoms with Crippen LogP contribution in [0, 0.1) is 0 Å². The van der Waals surface area contributed by atoms with E-state index in [-0.39, 0.29) is 32.1 Å². The monoisotopic (exact) mass is 474 g/mol. The van der Waals surface area contributed by atoms with Crippen LogP contribution in [0.1, 0.15) is 20.1 Å². The van der Waals surface area contributed by atoms with Gasteiger partial charge in [0.2, 0.25) is 0 Å². The molecule has 15 heteroatoms. The summed E-state index contributed by atoms with van der Waals surface area (Å²) in [7, 11) is -4.28. The fourth-order valence-electron chi connectivity index (χ4n) is 4.11. The Morgan fingerprint density at radius 1 is 1.28 bits per heavy atom. The first-order chi connectivity index (χ1) is 15.1. The third-order valence-corrected chi connectivity index (χ3v) is 7.17. The Balaban J connectivity index is 1.43. The Kier molecular flexibility index (Phi) is 5.26. The molecule has 3 fully saturated rings. The Morgan fingerprint density at radius 3 is 2.78 bits per heavy atom. The van der Waals surface area contributed by atoms with Gasteiger partial charge in [-0.05, 0) is 13.8 Å². The second-order valence-electron chi connectivity index (χ2n) is 8.23. The summed E-state index contributed by atoms with van der Waals surface area (Å²) >= 11 is 0. The Hall–Kier alpha value is -1.77. The fraction of sp³-hybridized carbons (Fsp3) is 0.706. The highest BCUT2D eigenvalue weighted by molar-refractivity contribution is 7.50. The molecule has 0 saturated carbocycles. The van der Waals surface area contributed by atoms with Crippen LogP contribution in [0.5, 0.6) is 0 Å². The van der Waals surface area contributed by atoms with Crippen LogP contribution in [0.25, 0.3) is 11.2 Å². The van der Waals surface area contributed by atoms with Crippen LogP contribution in [0.15, 0.2) is 12.7 Å². The number of imidazole rings is 1. The van der Waals surface area contributed by atoms with Gasteiger partial charge in [-0.15, -0.1) is 0 Å². The van der Waals surface area contributed by atoms with E-state index in [0.717, 1.165) is 0 Å². The zero-order chi connectivity index (χ0) is 22.7. The number of ether oxygens (including phenoxy) is 4. The molecule has 3 aliphatic heterocycles. The maximum Gasteiger partial charge on any atom is 0.405 e. The van der Waals surface area contributed by atoms with Crippen LogP contribution in [0.2, 0.25) is 0 Å². The lowest BCUT2D eigenvalue weighted by atomic mass is 10.1. The maximum atomic E-state index is 16.1. The zero-order valence-electron chi connectivity index (χ0n) is 17.5. The Labute approximate surface area is 182 Å². The summed E-state index contributed by atoms with van der Waals surface area (Å²) in [5.74, 6) is -3.54. The Morgan fingerprint density at radius 2 is 2.03 bits per heavy atom. The zero-order valence-corrected chi connectivity index (χ0v) is 18.4. The first-order valence-electron chi connectivity index (χ1n) is 10.1. The number of aromatic nitrogens is 4. The number of halogens is 1. The number of nitrogen functional groups attached to an aromatic ring is 1. The normalized spacial score (nSPS) is 34.6. The summed E-state index contributed by atoms with van der Waals surface area (Å²) in [4.78, 5) is 22.6. The minimum absolute atomic E-state index is 0.161. The van der Waals surface area contributed by atoms with E-state index in [1.807, 2.05) is 0 Å². The van der Waals surface area contributed by atoms with Gasteiger partial charge in [-0.1, -0.05) is 0 Å². The molecule has 0 radical (unpaired) electrons. The molecule has 0 amide bonds. The van der Waals surface area contributed by atoms with Crippen molar-refractivity contribution in [1.29, 1.82) is 0 Å². The molecule has 3 N–H and O–H groups in total. The van der Waals surface area contributed by atoms with Crippen molar-refractivity contribution in [2.45, 2.75) is 43.9 Å². The quantitative estimate of drug-likeness (QED) is 0.582. The van der Waals surface area contributed by atoms with Crippen molar-refractivity contribution in [1.82, 2.24) is 24.2 Å². The van der Waals surface area contributed by atoms with Crippen molar-refractivity contribution < 1.29 is 37.3 Å². The molecule has 3 unspecified atom stereocenters. The van der Waals surface area contributed by atoms with Crippen LogP contribution in [0.3, 0.4) is 0 Å². The van der Waals surface area contributed by atoms with Crippen LogP contribution in [0.4, 0.5) is 10.2 Å². The van der Waals surface area contributed by atoms with Crippen LogP contribution >= 0.6 is 7.75 Å². The van der Waals surface area contributed by atoms with Crippen LogP contribution < -0.4 is 5.73 Å². The number of anilines is 1. The minimum Gasteiger partial charge on any atom is -0.382 e. The second kappa shape index (κ2) is 7.64. The molecule has 0 spiro atoms. The molecule has 0 aliphatic carbocycles. The van der Waals surface area contributed by atoms with Crippen molar-refractivity contribution in [2.24, 2.45) is 0 Å². The average Bonchev–Trinajstić information content (AvgIpc) is 3.39. The van der Waals surface area contributed by atoms with E-state index in [1.165, 1.54) is 21.9 Å². The van der Waals surface area contributed by atoms with Gasteiger partial charge in [-0.3, -0.25) is 9.09 Å². The first kappa shape index (κ1) is 22.0. The molecular weight excluding hydrogens is 450 g/mol. The molecule has 3 aliphatic rings. The number of fused-ring (bicyclic) bond motifs is 2.